The molecule has 2 heterocycles. The van der Waals surface area contributed by atoms with Crippen molar-refractivity contribution in [2.24, 2.45) is 0 Å². The van der Waals surface area contributed by atoms with Crippen molar-refractivity contribution in [3.8, 4) is 0 Å². The third-order valence-corrected chi connectivity index (χ3v) is 6.47. The monoisotopic (exact) mass is 465 g/mol. The van der Waals surface area contributed by atoms with Crippen molar-refractivity contribution in [1.29, 1.82) is 0 Å². The van der Waals surface area contributed by atoms with Crippen molar-refractivity contribution in [3.05, 3.63) is 53.6 Å². The van der Waals surface area contributed by atoms with E-state index < -0.39 is 0 Å². The van der Waals surface area contributed by atoms with Gasteiger partial charge in [0.1, 0.15) is 11.6 Å². The molecule has 1 saturated carbocycles. The van der Waals surface area contributed by atoms with E-state index in [0.717, 1.165) is 31.4 Å². The summed E-state index contributed by atoms with van der Waals surface area (Å²) >= 11 is 0. The number of fused-ring (bicyclic) bond motifs is 1. The lowest BCUT2D eigenvalue weighted by molar-refractivity contribution is -0.120. The Bertz CT molecular complexity index is 1150. The highest BCUT2D eigenvalue weighted by atomic mass is 19.1. The van der Waals surface area contributed by atoms with Crippen molar-refractivity contribution >= 4 is 28.8 Å². The highest BCUT2D eigenvalue weighted by molar-refractivity contribution is 6.09. The molecule has 0 bridgehead atoms. The number of Topliss-reactive ketones (excluding diaryl/α,β-unsaturated/α-hetero) is 1. The molecule has 1 amide bonds. The first-order valence-corrected chi connectivity index (χ1v) is 12.2. The summed E-state index contributed by atoms with van der Waals surface area (Å²) in [4.78, 5) is 29.4. The van der Waals surface area contributed by atoms with Crippen LogP contribution in [0.15, 0.2) is 36.5 Å². The Morgan fingerprint density at radius 2 is 1.94 bits per heavy atom. The lowest BCUT2D eigenvalue weighted by Crippen LogP contribution is -2.19. The van der Waals surface area contributed by atoms with Crippen molar-refractivity contribution in [1.82, 2.24) is 14.6 Å². The molecule has 180 valence electrons. The maximum atomic E-state index is 13.2. The fourth-order valence-electron chi connectivity index (χ4n) is 4.51. The fourth-order valence-corrected chi connectivity index (χ4v) is 4.51. The summed E-state index contributed by atoms with van der Waals surface area (Å²) in [5, 5.41) is 11.0. The van der Waals surface area contributed by atoms with E-state index in [1.165, 1.54) is 37.1 Å². The van der Waals surface area contributed by atoms with Gasteiger partial charge in [-0.15, -0.1) is 5.10 Å². The van der Waals surface area contributed by atoms with E-state index in [9.17, 15) is 14.0 Å². The molecule has 2 N–H and O–H groups in total. The Balaban J connectivity index is 1.63. The Morgan fingerprint density at radius 1 is 1.21 bits per heavy atom. The summed E-state index contributed by atoms with van der Waals surface area (Å²) in [6, 6.07) is 7.76. The summed E-state index contributed by atoms with van der Waals surface area (Å²) in [6.07, 6.45) is 8.78. The molecule has 3 aromatic rings. The van der Waals surface area contributed by atoms with Gasteiger partial charge in [-0.3, -0.25) is 9.59 Å². The highest BCUT2D eigenvalue weighted by Gasteiger charge is 2.26. The minimum Gasteiger partial charge on any atom is -0.351 e. The van der Waals surface area contributed by atoms with E-state index >= 15 is 0 Å². The third-order valence-electron chi connectivity index (χ3n) is 6.47. The van der Waals surface area contributed by atoms with Gasteiger partial charge in [-0.2, -0.15) is 0 Å². The number of nitrogens with zero attached hydrogens (tertiary/aromatic N) is 3. The molecule has 4 rings (SSSR count). The molecule has 1 aromatic carbocycles. The Hall–Kier alpha value is -3.29. The number of halogens is 1. The largest absolute Gasteiger partial charge is 0.351 e. The molecule has 34 heavy (non-hydrogen) atoms. The molecule has 0 spiro atoms. The number of carbonyl (C=O) groups excluding carboxylic acids is 2. The van der Waals surface area contributed by atoms with Gasteiger partial charge >= 0.3 is 0 Å². The van der Waals surface area contributed by atoms with Gasteiger partial charge in [-0.25, -0.2) is 13.9 Å². The summed E-state index contributed by atoms with van der Waals surface area (Å²) in [5.41, 5.74) is 2.49. The van der Waals surface area contributed by atoms with Gasteiger partial charge in [0.25, 0.3) is 5.91 Å². The van der Waals surface area contributed by atoms with Crippen LogP contribution in [0.4, 0.5) is 16.0 Å². The SMILES string of the molecule is CCCCCC(C)Nc1ncc2c(C(=O)Nc3ccc(F)cc3)cc(C3CCC(=O)CC3)n2n1. The third kappa shape index (κ3) is 5.61. The molecular weight excluding hydrogens is 433 g/mol. The van der Waals surface area contributed by atoms with Crippen LogP contribution in [0, 0.1) is 5.82 Å². The fraction of sp³-hybridized carbons (Fsp3) is 0.462. The predicted octanol–water partition coefficient (Wildman–Crippen LogP) is 5.73. The first-order chi connectivity index (χ1) is 16.4. The van der Waals surface area contributed by atoms with E-state index in [2.05, 4.69) is 29.5 Å². The van der Waals surface area contributed by atoms with Crippen molar-refractivity contribution < 1.29 is 14.0 Å². The number of rotatable bonds is 9. The second-order valence-corrected chi connectivity index (χ2v) is 9.18. The summed E-state index contributed by atoms with van der Waals surface area (Å²) < 4.78 is 15.0. The number of anilines is 2. The lowest BCUT2D eigenvalue weighted by Gasteiger charge is -2.20. The van der Waals surface area contributed by atoms with Crippen LogP contribution in [0.25, 0.3) is 5.52 Å². The van der Waals surface area contributed by atoms with Gasteiger partial charge in [-0.1, -0.05) is 26.2 Å². The molecule has 7 nitrogen and oxygen atoms in total. The zero-order valence-electron chi connectivity index (χ0n) is 19.8. The van der Waals surface area contributed by atoms with Crippen LogP contribution in [0.1, 0.15) is 87.2 Å². The van der Waals surface area contributed by atoms with Gasteiger partial charge in [0.05, 0.1) is 17.3 Å². The van der Waals surface area contributed by atoms with Gasteiger partial charge in [-0.05, 0) is 56.5 Å². The Labute approximate surface area is 199 Å². The lowest BCUT2D eigenvalue weighted by atomic mass is 9.86. The van der Waals surface area contributed by atoms with Gasteiger partial charge < -0.3 is 10.6 Å². The standard InChI is InChI=1S/C26H32FN5O2/c1-3-4-5-6-17(2)29-26-28-16-24-22(25(34)30-20-11-9-19(27)10-12-20)15-23(32(24)31-26)18-7-13-21(33)14-8-18/h9-12,15-18H,3-8,13-14H2,1-2H3,(H,29,31)(H,30,34). The first-order valence-electron chi connectivity index (χ1n) is 12.2. The maximum Gasteiger partial charge on any atom is 0.257 e. The number of hydrogen-bond acceptors (Lipinski definition) is 5. The normalized spacial score (nSPS) is 15.4. The summed E-state index contributed by atoms with van der Waals surface area (Å²) in [6.45, 7) is 4.31. The molecule has 0 saturated heterocycles. The van der Waals surface area contributed by atoms with E-state index in [0.29, 0.717) is 35.6 Å². The number of nitrogens with one attached hydrogen (secondary N) is 2. The maximum absolute atomic E-state index is 13.2. The zero-order chi connectivity index (χ0) is 24.1. The number of aromatic nitrogens is 3. The van der Waals surface area contributed by atoms with Crippen molar-refractivity contribution in [2.45, 2.75) is 77.2 Å². The smallest absolute Gasteiger partial charge is 0.257 e. The first kappa shape index (κ1) is 23.9. The molecule has 8 heteroatoms. The molecule has 1 aliphatic carbocycles. The van der Waals surface area contributed by atoms with Crippen LogP contribution in [-0.4, -0.2) is 32.3 Å². The van der Waals surface area contributed by atoms with E-state index in [-0.39, 0.29) is 29.5 Å². The molecule has 0 radical (unpaired) electrons. The van der Waals surface area contributed by atoms with E-state index in [1.807, 2.05) is 6.07 Å². The number of hydrogen-bond donors (Lipinski definition) is 2. The molecule has 1 aliphatic rings. The van der Waals surface area contributed by atoms with Crippen LogP contribution >= 0.6 is 0 Å². The average Bonchev–Trinajstić information content (AvgIpc) is 3.20. The van der Waals surface area contributed by atoms with Crippen LogP contribution in [0.5, 0.6) is 0 Å². The second kappa shape index (κ2) is 10.8. The Morgan fingerprint density at radius 3 is 2.65 bits per heavy atom. The zero-order valence-corrected chi connectivity index (χ0v) is 19.8. The van der Waals surface area contributed by atoms with E-state index in [1.54, 1.807) is 10.7 Å². The Kier molecular flexibility index (Phi) is 7.55. The van der Waals surface area contributed by atoms with Gasteiger partial charge in [0, 0.05) is 36.2 Å². The highest BCUT2D eigenvalue weighted by Crippen LogP contribution is 2.33. The molecule has 1 atom stereocenters. The van der Waals surface area contributed by atoms with Crippen LogP contribution in [0.3, 0.4) is 0 Å². The molecule has 1 unspecified atom stereocenters. The minimum atomic E-state index is -0.362. The average molecular weight is 466 g/mol. The molecular formula is C26H32FN5O2. The minimum absolute atomic E-state index is 0.141. The topological polar surface area (TPSA) is 88.4 Å². The van der Waals surface area contributed by atoms with Crippen molar-refractivity contribution in [2.75, 3.05) is 10.6 Å². The summed E-state index contributed by atoms with van der Waals surface area (Å²) in [5.74, 6) is 0.274. The van der Waals surface area contributed by atoms with Crippen molar-refractivity contribution in [3.63, 3.8) is 0 Å². The quantitative estimate of drug-likeness (QED) is 0.394. The number of amides is 1. The summed E-state index contributed by atoms with van der Waals surface area (Å²) in [7, 11) is 0. The van der Waals surface area contributed by atoms with Gasteiger partial charge in [0.15, 0.2) is 0 Å². The van der Waals surface area contributed by atoms with E-state index in [4.69, 9.17) is 5.10 Å². The number of benzene rings is 1. The van der Waals surface area contributed by atoms with Gasteiger partial charge in [0.2, 0.25) is 5.95 Å². The predicted molar refractivity (Wildman–Crippen MR) is 131 cm³/mol. The number of carbonyl (C=O) groups is 2. The molecule has 0 aliphatic heterocycles. The number of unbranched alkanes of at least 4 members (excludes halogenated alkanes) is 2. The molecule has 2 aromatic heterocycles. The van der Waals surface area contributed by atoms with Crippen LogP contribution in [-0.2, 0) is 4.79 Å². The van der Waals surface area contributed by atoms with Crippen LogP contribution < -0.4 is 10.6 Å². The second-order valence-electron chi connectivity index (χ2n) is 9.18. The van der Waals surface area contributed by atoms with Crippen LogP contribution in [0.2, 0.25) is 0 Å². The number of ketones is 1. The molecule has 1 fully saturated rings.